The Bertz CT molecular complexity index is 1830. The molecule has 0 radical (unpaired) electrons. The van der Waals surface area contributed by atoms with Crippen molar-refractivity contribution in [2.24, 2.45) is 0 Å². The highest BCUT2D eigenvalue weighted by atomic mass is 16.5. The Morgan fingerprint density at radius 2 is 1.59 bits per heavy atom. The van der Waals surface area contributed by atoms with E-state index in [4.69, 9.17) is 34.4 Å². The second-order valence-corrected chi connectivity index (χ2v) is 9.22. The van der Waals surface area contributed by atoms with E-state index in [-0.39, 0.29) is 5.92 Å². The summed E-state index contributed by atoms with van der Waals surface area (Å²) in [4.78, 5) is 9.67. The van der Waals surface area contributed by atoms with Crippen LogP contribution in [0.4, 0.5) is 0 Å². The van der Waals surface area contributed by atoms with Crippen LogP contribution in [-0.2, 0) is 0 Å². The first-order valence-corrected chi connectivity index (χ1v) is 12.5. The van der Waals surface area contributed by atoms with Gasteiger partial charge >= 0.3 is 0 Å². The summed E-state index contributed by atoms with van der Waals surface area (Å²) >= 11 is 0. The highest BCUT2D eigenvalue weighted by Gasteiger charge is 2.39. The predicted octanol–water partition coefficient (Wildman–Crippen LogP) is 5.59. The fraction of sp³-hybridized carbons (Fsp3) is 0.133. The van der Waals surface area contributed by atoms with Gasteiger partial charge in [-0.3, -0.25) is 0 Å². The standard InChI is InChI=1S/C30H24N6O3/c1-18-24-25(22-11-7-8-12-23(22)38-3)26-28-32-27(19-13-15-21(37-2)16-14-19)34-35(28)17-31-29(26)39-30(24)36(33-18)20-9-5-4-6-10-20/h4-17,25H,1-3H3/t25-/m1/s1. The van der Waals surface area contributed by atoms with Crippen LogP contribution in [0.1, 0.15) is 28.3 Å². The molecule has 0 saturated heterocycles. The topological polar surface area (TPSA) is 88.6 Å². The average molecular weight is 517 g/mol. The number of hydrogen-bond donors (Lipinski definition) is 0. The van der Waals surface area contributed by atoms with Gasteiger partial charge in [-0.1, -0.05) is 36.4 Å². The van der Waals surface area contributed by atoms with Crippen LogP contribution >= 0.6 is 0 Å². The summed E-state index contributed by atoms with van der Waals surface area (Å²) < 4.78 is 21.2. The smallest absolute Gasteiger partial charge is 0.230 e. The lowest BCUT2D eigenvalue weighted by Gasteiger charge is -2.27. The molecule has 0 amide bonds. The van der Waals surface area contributed by atoms with E-state index in [0.29, 0.717) is 23.2 Å². The summed E-state index contributed by atoms with van der Waals surface area (Å²) in [5.74, 6) is 2.87. The Labute approximate surface area is 224 Å². The van der Waals surface area contributed by atoms with Gasteiger partial charge in [0.25, 0.3) is 0 Å². The number of aryl methyl sites for hydroxylation is 1. The predicted molar refractivity (Wildman–Crippen MR) is 145 cm³/mol. The number of rotatable bonds is 5. The van der Waals surface area contributed by atoms with Gasteiger partial charge in [0.15, 0.2) is 11.5 Å². The van der Waals surface area contributed by atoms with E-state index in [9.17, 15) is 0 Å². The molecule has 9 heteroatoms. The van der Waals surface area contributed by atoms with Crippen molar-refractivity contribution in [2.75, 3.05) is 14.2 Å². The molecule has 9 nitrogen and oxygen atoms in total. The van der Waals surface area contributed by atoms with E-state index in [1.165, 1.54) is 0 Å². The van der Waals surface area contributed by atoms with Gasteiger partial charge in [0.1, 0.15) is 17.8 Å². The summed E-state index contributed by atoms with van der Waals surface area (Å²) in [5.41, 5.74) is 5.95. The number of aromatic nitrogens is 6. The molecule has 6 aromatic rings. The van der Waals surface area contributed by atoms with Crippen molar-refractivity contribution in [3.05, 3.63) is 108 Å². The number of nitrogens with zero attached hydrogens (tertiary/aromatic N) is 6. The van der Waals surface area contributed by atoms with Crippen LogP contribution in [0.2, 0.25) is 0 Å². The molecule has 192 valence electrons. The van der Waals surface area contributed by atoms with Gasteiger partial charge < -0.3 is 14.2 Å². The summed E-state index contributed by atoms with van der Waals surface area (Å²) in [6, 6.07) is 25.6. The Balaban J connectivity index is 1.48. The van der Waals surface area contributed by atoms with Crippen molar-refractivity contribution in [1.29, 1.82) is 0 Å². The number of hydrogen-bond acceptors (Lipinski definition) is 7. The number of para-hydroxylation sites is 2. The van der Waals surface area contributed by atoms with E-state index in [2.05, 4.69) is 6.07 Å². The summed E-state index contributed by atoms with van der Waals surface area (Å²) in [7, 11) is 3.32. The summed E-state index contributed by atoms with van der Waals surface area (Å²) in [6.07, 6.45) is 1.63. The zero-order valence-electron chi connectivity index (χ0n) is 21.6. The maximum absolute atomic E-state index is 6.51. The zero-order valence-corrected chi connectivity index (χ0v) is 21.6. The molecule has 1 aliphatic heterocycles. The van der Waals surface area contributed by atoms with Crippen molar-refractivity contribution in [3.63, 3.8) is 0 Å². The number of ether oxygens (including phenoxy) is 3. The Morgan fingerprint density at radius 3 is 2.36 bits per heavy atom. The molecule has 39 heavy (non-hydrogen) atoms. The van der Waals surface area contributed by atoms with E-state index < -0.39 is 0 Å². The molecule has 0 unspecified atom stereocenters. The van der Waals surface area contributed by atoms with Crippen molar-refractivity contribution in [3.8, 4) is 40.3 Å². The van der Waals surface area contributed by atoms with Crippen LogP contribution in [0.5, 0.6) is 23.3 Å². The lowest BCUT2D eigenvalue weighted by Crippen LogP contribution is -2.16. The molecule has 0 fully saturated rings. The zero-order chi connectivity index (χ0) is 26.5. The molecule has 3 aromatic carbocycles. The molecule has 0 spiro atoms. The molecule has 0 N–H and O–H groups in total. The second kappa shape index (κ2) is 8.98. The van der Waals surface area contributed by atoms with Gasteiger partial charge in [-0.15, -0.1) is 5.10 Å². The lowest BCUT2D eigenvalue weighted by molar-refractivity contribution is 0.393. The average Bonchev–Trinajstić information content (AvgIpc) is 3.58. The maximum Gasteiger partial charge on any atom is 0.230 e. The largest absolute Gasteiger partial charge is 0.497 e. The van der Waals surface area contributed by atoms with E-state index in [0.717, 1.165) is 45.1 Å². The van der Waals surface area contributed by atoms with Crippen LogP contribution in [-0.4, -0.2) is 43.6 Å². The second-order valence-electron chi connectivity index (χ2n) is 9.22. The lowest BCUT2D eigenvalue weighted by atomic mass is 9.84. The fourth-order valence-electron chi connectivity index (χ4n) is 5.20. The highest BCUT2D eigenvalue weighted by Crippen LogP contribution is 2.51. The van der Waals surface area contributed by atoms with Gasteiger partial charge in [-0.25, -0.2) is 19.2 Å². The Morgan fingerprint density at radius 1 is 0.821 bits per heavy atom. The minimum atomic E-state index is -0.304. The maximum atomic E-state index is 6.51. The van der Waals surface area contributed by atoms with Gasteiger partial charge in [-0.2, -0.15) is 5.10 Å². The molecule has 1 aliphatic rings. The minimum Gasteiger partial charge on any atom is -0.497 e. The van der Waals surface area contributed by atoms with Crippen LogP contribution in [0, 0.1) is 6.92 Å². The third-order valence-corrected chi connectivity index (χ3v) is 7.02. The van der Waals surface area contributed by atoms with Gasteiger partial charge in [-0.05, 0) is 49.4 Å². The first-order valence-electron chi connectivity index (χ1n) is 12.5. The molecule has 4 heterocycles. The van der Waals surface area contributed by atoms with Crippen molar-refractivity contribution in [2.45, 2.75) is 12.8 Å². The van der Waals surface area contributed by atoms with E-state index in [1.54, 1.807) is 25.1 Å². The molecule has 1 atom stereocenters. The summed E-state index contributed by atoms with van der Waals surface area (Å²) in [5, 5.41) is 9.64. The normalized spacial score (nSPS) is 14.0. The van der Waals surface area contributed by atoms with E-state index >= 15 is 0 Å². The summed E-state index contributed by atoms with van der Waals surface area (Å²) in [6.45, 7) is 2.00. The number of fused-ring (bicyclic) bond motifs is 4. The number of methoxy groups -OCH3 is 2. The van der Waals surface area contributed by atoms with Crippen molar-refractivity contribution in [1.82, 2.24) is 29.4 Å². The van der Waals surface area contributed by atoms with Gasteiger partial charge in [0.2, 0.25) is 11.8 Å². The van der Waals surface area contributed by atoms with Crippen LogP contribution in [0.3, 0.4) is 0 Å². The minimum absolute atomic E-state index is 0.304. The van der Waals surface area contributed by atoms with Crippen LogP contribution < -0.4 is 14.2 Å². The van der Waals surface area contributed by atoms with Gasteiger partial charge in [0.05, 0.1) is 42.6 Å². The fourth-order valence-corrected chi connectivity index (χ4v) is 5.20. The molecule has 3 aromatic heterocycles. The first kappa shape index (κ1) is 23.0. The van der Waals surface area contributed by atoms with Crippen molar-refractivity contribution >= 4 is 5.65 Å². The monoisotopic (exact) mass is 516 g/mol. The molecule has 7 rings (SSSR count). The third-order valence-electron chi connectivity index (χ3n) is 7.02. The Hall–Kier alpha value is -5.18. The molecular weight excluding hydrogens is 492 g/mol. The SMILES string of the molecule is COc1ccc(-c2nc3c4c(ncn3n2)Oc2c(c(C)nn2-c2ccccc2)[C@H]4c2ccccc2OC)cc1. The molecule has 0 aliphatic carbocycles. The molecular formula is C30H24N6O3. The van der Waals surface area contributed by atoms with Gasteiger partial charge in [0, 0.05) is 11.1 Å². The number of benzene rings is 3. The quantitative estimate of drug-likeness (QED) is 0.295. The Kier molecular flexibility index (Phi) is 5.29. The molecule has 0 bridgehead atoms. The third kappa shape index (κ3) is 3.62. The van der Waals surface area contributed by atoms with Crippen LogP contribution in [0.15, 0.2) is 85.2 Å². The highest BCUT2D eigenvalue weighted by molar-refractivity contribution is 5.70. The van der Waals surface area contributed by atoms with Crippen LogP contribution in [0.25, 0.3) is 22.7 Å². The first-order chi connectivity index (χ1) is 19.2. The molecule has 0 saturated carbocycles. The van der Waals surface area contributed by atoms with E-state index in [1.807, 2.05) is 84.4 Å². The van der Waals surface area contributed by atoms with Crippen molar-refractivity contribution < 1.29 is 14.2 Å².